The summed E-state index contributed by atoms with van der Waals surface area (Å²) in [4.78, 5) is 10.9. The highest BCUT2D eigenvalue weighted by atomic mass is 16.4. The molecule has 1 N–H and O–H groups in total. The van der Waals surface area contributed by atoms with Gasteiger partial charge in [0.2, 0.25) is 0 Å². The second kappa shape index (κ2) is 3.11. The van der Waals surface area contributed by atoms with Gasteiger partial charge in [-0.05, 0) is 18.1 Å². The number of rotatable bonds is 2. The number of fused-ring (bicyclic) bond motifs is 1. The van der Waals surface area contributed by atoms with Crippen molar-refractivity contribution in [2.24, 2.45) is 13.0 Å². The average Bonchev–Trinajstić information content (AvgIpc) is 3.00. The van der Waals surface area contributed by atoms with Crippen molar-refractivity contribution < 1.29 is 9.90 Å². The van der Waals surface area contributed by atoms with Gasteiger partial charge < -0.3 is 9.67 Å². The zero-order valence-corrected chi connectivity index (χ0v) is 9.05. The third-order valence-electron chi connectivity index (χ3n) is 3.43. The Morgan fingerprint density at radius 1 is 1.44 bits per heavy atom. The largest absolute Gasteiger partial charge is 0.481 e. The first-order valence-electron chi connectivity index (χ1n) is 5.45. The molecule has 0 radical (unpaired) electrons. The van der Waals surface area contributed by atoms with Crippen molar-refractivity contribution in [3.63, 3.8) is 0 Å². The highest BCUT2D eigenvalue weighted by Gasteiger charge is 2.45. The Morgan fingerprint density at radius 3 is 2.88 bits per heavy atom. The van der Waals surface area contributed by atoms with E-state index in [0.29, 0.717) is 0 Å². The maximum absolute atomic E-state index is 10.9. The van der Waals surface area contributed by atoms with Crippen LogP contribution in [0.3, 0.4) is 0 Å². The molecule has 3 rings (SSSR count). The van der Waals surface area contributed by atoms with E-state index in [2.05, 4.69) is 22.9 Å². The Bertz CT molecular complexity index is 570. The lowest BCUT2D eigenvalue weighted by Gasteiger charge is -1.95. The van der Waals surface area contributed by atoms with E-state index in [9.17, 15) is 4.79 Å². The van der Waals surface area contributed by atoms with Gasteiger partial charge in [0, 0.05) is 30.1 Å². The van der Waals surface area contributed by atoms with Crippen LogP contribution in [-0.4, -0.2) is 15.6 Å². The molecule has 0 saturated heterocycles. The van der Waals surface area contributed by atoms with Crippen LogP contribution in [0.1, 0.15) is 17.9 Å². The first-order valence-corrected chi connectivity index (χ1v) is 5.45. The van der Waals surface area contributed by atoms with Crippen molar-refractivity contribution in [3.8, 4) is 0 Å². The maximum atomic E-state index is 10.9. The normalized spacial score (nSPS) is 23.6. The van der Waals surface area contributed by atoms with Crippen LogP contribution in [0.15, 0.2) is 30.5 Å². The van der Waals surface area contributed by atoms with Crippen LogP contribution in [0.4, 0.5) is 0 Å². The first kappa shape index (κ1) is 9.46. The van der Waals surface area contributed by atoms with E-state index < -0.39 is 5.97 Å². The van der Waals surface area contributed by atoms with Crippen LogP contribution in [0.5, 0.6) is 0 Å². The molecule has 3 heteroatoms. The van der Waals surface area contributed by atoms with Crippen LogP contribution in [0.25, 0.3) is 10.9 Å². The van der Waals surface area contributed by atoms with E-state index in [4.69, 9.17) is 5.11 Å². The van der Waals surface area contributed by atoms with Gasteiger partial charge in [-0.2, -0.15) is 0 Å². The second-order valence-electron chi connectivity index (χ2n) is 4.50. The molecule has 1 aromatic heterocycles. The summed E-state index contributed by atoms with van der Waals surface area (Å²) in [6.45, 7) is 0. The maximum Gasteiger partial charge on any atom is 0.307 e. The predicted octanol–water partition coefficient (Wildman–Crippen LogP) is 2.37. The molecule has 0 amide bonds. The summed E-state index contributed by atoms with van der Waals surface area (Å²) in [7, 11) is 2.00. The third kappa shape index (κ3) is 1.24. The van der Waals surface area contributed by atoms with Gasteiger partial charge in [-0.3, -0.25) is 4.79 Å². The van der Waals surface area contributed by atoms with E-state index in [-0.39, 0.29) is 11.8 Å². The molecule has 2 aromatic rings. The minimum absolute atomic E-state index is 0.175. The van der Waals surface area contributed by atoms with Gasteiger partial charge in [0.25, 0.3) is 0 Å². The molecular formula is C13H13NO2. The smallest absolute Gasteiger partial charge is 0.307 e. The van der Waals surface area contributed by atoms with Crippen molar-refractivity contribution in [2.75, 3.05) is 0 Å². The van der Waals surface area contributed by atoms with Crippen LogP contribution >= 0.6 is 0 Å². The molecule has 2 unspecified atom stereocenters. The molecule has 2 atom stereocenters. The molecule has 1 fully saturated rings. The number of aliphatic carboxylic acids is 1. The summed E-state index contributed by atoms with van der Waals surface area (Å²) in [6, 6.07) is 8.15. The van der Waals surface area contributed by atoms with Gasteiger partial charge in [0.05, 0.1) is 5.92 Å². The fraction of sp³-hybridized carbons (Fsp3) is 0.308. The standard InChI is InChI=1S/C13H13NO2/c1-14-7-11(9-6-10(9)13(15)16)8-4-2-3-5-12(8)14/h2-5,7,9-10H,6H2,1H3,(H,15,16). The molecule has 1 aliphatic rings. The Morgan fingerprint density at radius 2 is 2.19 bits per heavy atom. The molecule has 3 nitrogen and oxygen atoms in total. The van der Waals surface area contributed by atoms with Gasteiger partial charge in [-0.1, -0.05) is 18.2 Å². The summed E-state index contributed by atoms with van der Waals surface area (Å²) >= 11 is 0. The fourth-order valence-corrected chi connectivity index (χ4v) is 2.48. The minimum atomic E-state index is -0.669. The lowest BCUT2D eigenvalue weighted by Crippen LogP contribution is -1.98. The Kier molecular flexibility index (Phi) is 1.84. The van der Waals surface area contributed by atoms with Crippen LogP contribution in [0.2, 0.25) is 0 Å². The topological polar surface area (TPSA) is 42.2 Å². The van der Waals surface area contributed by atoms with Crippen molar-refractivity contribution >= 4 is 16.9 Å². The van der Waals surface area contributed by atoms with Crippen molar-refractivity contribution in [2.45, 2.75) is 12.3 Å². The number of aromatic nitrogens is 1. The summed E-state index contributed by atoms with van der Waals surface area (Å²) in [5.41, 5.74) is 2.36. The molecule has 1 saturated carbocycles. The first-order chi connectivity index (χ1) is 7.68. The zero-order chi connectivity index (χ0) is 11.3. The Labute approximate surface area is 93.3 Å². The molecule has 16 heavy (non-hydrogen) atoms. The fourth-order valence-electron chi connectivity index (χ4n) is 2.48. The second-order valence-corrected chi connectivity index (χ2v) is 4.50. The van der Waals surface area contributed by atoms with E-state index in [1.54, 1.807) is 0 Å². The van der Waals surface area contributed by atoms with Crippen LogP contribution < -0.4 is 0 Å². The van der Waals surface area contributed by atoms with Crippen LogP contribution in [-0.2, 0) is 11.8 Å². The number of hydrogen-bond donors (Lipinski definition) is 1. The number of nitrogens with zero attached hydrogens (tertiary/aromatic N) is 1. The molecule has 0 spiro atoms. The highest BCUT2D eigenvalue weighted by molar-refractivity contribution is 5.86. The van der Waals surface area contributed by atoms with Gasteiger partial charge in [0.15, 0.2) is 0 Å². The molecular weight excluding hydrogens is 202 g/mol. The monoisotopic (exact) mass is 215 g/mol. The quantitative estimate of drug-likeness (QED) is 0.835. The SMILES string of the molecule is Cn1cc(C2CC2C(=O)O)c2ccccc21. The van der Waals surface area contributed by atoms with Crippen molar-refractivity contribution in [1.29, 1.82) is 0 Å². The number of hydrogen-bond acceptors (Lipinski definition) is 1. The van der Waals surface area contributed by atoms with E-state index in [0.717, 1.165) is 6.42 Å². The summed E-state index contributed by atoms with van der Waals surface area (Å²) in [5, 5.41) is 10.2. The minimum Gasteiger partial charge on any atom is -0.481 e. The molecule has 0 aliphatic heterocycles. The molecule has 1 aliphatic carbocycles. The summed E-state index contributed by atoms with van der Waals surface area (Å²) < 4.78 is 2.07. The lowest BCUT2D eigenvalue weighted by molar-refractivity contribution is -0.138. The van der Waals surface area contributed by atoms with Gasteiger partial charge >= 0.3 is 5.97 Å². The van der Waals surface area contributed by atoms with E-state index in [1.807, 2.05) is 19.2 Å². The number of carboxylic acids is 1. The van der Waals surface area contributed by atoms with Crippen molar-refractivity contribution in [3.05, 3.63) is 36.0 Å². The number of carbonyl (C=O) groups is 1. The average molecular weight is 215 g/mol. The number of carboxylic acid groups (broad SMARTS) is 1. The number of benzene rings is 1. The van der Waals surface area contributed by atoms with Crippen molar-refractivity contribution in [1.82, 2.24) is 4.57 Å². The lowest BCUT2D eigenvalue weighted by atomic mass is 10.1. The molecule has 1 heterocycles. The summed E-state index contributed by atoms with van der Waals surface area (Å²) in [5.74, 6) is -0.632. The van der Waals surface area contributed by atoms with Gasteiger partial charge in [-0.15, -0.1) is 0 Å². The molecule has 82 valence electrons. The Hall–Kier alpha value is -1.77. The number of para-hydroxylation sites is 1. The van der Waals surface area contributed by atoms with E-state index in [1.165, 1.54) is 16.5 Å². The highest BCUT2D eigenvalue weighted by Crippen LogP contribution is 2.49. The van der Waals surface area contributed by atoms with Gasteiger partial charge in [0.1, 0.15) is 0 Å². The molecule has 0 bridgehead atoms. The zero-order valence-electron chi connectivity index (χ0n) is 9.05. The number of aryl methyl sites for hydroxylation is 1. The van der Waals surface area contributed by atoms with Gasteiger partial charge in [-0.25, -0.2) is 0 Å². The molecule has 1 aromatic carbocycles. The third-order valence-corrected chi connectivity index (χ3v) is 3.43. The predicted molar refractivity (Wildman–Crippen MR) is 61.4 cm³/mol. The Balaban J connectivity index is 2.09. The summed E-state index contributed by atoms with van der Waals surface area (Å²) in [6.07, 6.45) is 2.85. The van der Waals surface area contributed by atoms with Crippen LogP contribution in [0, 0.1) is 5.92 Å². The van der Waals surface area contributed by atoms with E-state index >= 15 is 0 Å².